The van der Waals surface area contributed by atoms with E-state index in [-0.39, 0.29) is 37.2 Å². The number of rotatable bonds is 6. The molecule has 3 aliphatic heterocycles. The summed E-state index contributed by atoms with van der Waals surface area (Å²) in [5, 5.41) is 3.72. The van der Waals surface area contributed by atoms with Crippen molar-refractivity contribution in [2.24, 2.45) is 5.92 Å². The van der Waals surface area contributed by atoms with Gasteiger partial charge in [0.25, 0.3) is 0 Å². The Morgan fingerprint density at radius 1 is 1.04 bits per heavy atom. The second-order valence-electron chi connectivity index (χ2n) is 7.15. The minimum atomic E-state index is -0.220. The summed E-state index contributed by atoms with van der Waals surface area (Å²) in [7, 11) is 0. The van der Waals surface area contributed by atoms with E-state index in [4.69, 9.17) is 4.74 Å². The Balaban J connectivity index is 0.00000131. The summed E-state index contributed by atoms with van der Waals surface area (Å²) in [5.41, 5.74) is 1.79. The lowest BCUT2D eigenvalue weighted by atomic mass is 9.84. The molecule has 27 heavy (non-hydrogen) atoms. The van der Waals surface area contributed by atoms with E-state index >= 15 is 0 Å². The molecule has 6 heteroatoms. The van der Waals surface area contributed by atoms with E-state index in [0.717, 1.165) is 18.2 Å². The highest BCUT2D eigenvalue weighted by atomic mass is 35.5. The maximum Gasteiger partial charge on any atom is 0.129 e. The van der Waals surface area contributed by atoms with E-state index in [1.54, 1.807) is 12.1 Å². The molecule has 3 nitrogen and oxygen atoms in total. The van der Waals surface area contributed by atoms with Gasteiger partial charge in [0, 0.05) is 24.7 Å². The van der Waals surface area contributed by atoms with Crippen LogP contribution < -0.4 is 10.1 Å². The minimum absolute atomic E-state index is 0. The molecule has 2 aromatic rings. The van der Waals surface area contributed by atoms with Crippen molar-refractivity contribution in [1.29, 1.82) is 0 Å². The third-order valence-electron chi connectivity index (χ3n) is 5.48. The van der Waals surface area contributed by atoms with Crippen molar-refractivity contribution in [2.75, 3.05) is 19.6 Å². The first-order valence-electron chi connectivity index (χ1n) is 9.19. The molecule has 1 unspecified atom stereocenters. The summed E-state index contributed by atoms with van der Waals surface area (Å²) >= 11 is 0. The van der Waals surface area contributed by atoms with Crippen LogP contribution in [0.25, 0.3) is 0 Å². The SMILES string of the molecule is Cl.Cl.Fc1ccccc1COc1cccc(CNC2CN3CCC2CC3)c1. The number of nitrogens with zero attached hydrogens (tertiary/aromatic N) is 1. The Morgan fingerprint density at radius 2 is 1.81 bits per heavy atom. The molecule has 0 radical (unpaired) electrons. The van der Waals surface area contributed by atoms with Gasteiger partial charge in [0.1, 0.15) is 18.2 Å². The van der Waals surface area contributed by atoms with E-state index in [1.165, 1.54) is 44.1 Å². The number of nitrogens with one attached hydrogen (secondary N) is 1. The zero-order valence-electron chi connectivity index (χ0n) is 15.3. The third-order valence-corrected chi connectivity index (χ3v) is 5.48. The van der Waals surface area contributed by atoms with Crippen LogP contribution in [-0.2, 0) is 13.2 Å². The van der Waals surface area contributed by atoms with Crippen molar-refractivity contribution in [3.63, 3.8) is 0 Å². The van der Waals surface area contributed by atoms with Crippen LogP contribution in [0, 0.1) is 11.7 Å². The monoisotopic (exact) mass is 412 g/mol. The average Bonchev–Trinajstić information content (AvgIpc) is 2.67. The van der Waals surface area contributed by atoms with E-state index in [0.29, 0.717) is 11.6 Å². The number of hydrogen-bond donors (Lipinski definition) is 1. The van der Waals surface area contributed by atoms with Gasteiger partial charge >= 0.3 is 0 Å². The highest BCUT2D eigenvalue weighted by molar-refractivity contribution is 5.85. The molecular weight excluding hydrogens is 386 g/mol. The Hall–Kier alpha value is -1.33. The van der Waals surface area contributed by atoms with Gasteiger partial charge in [-0.05, 0) is 55.6 Å². The first-order chi connectivity index (χ1) is 12.3. The lowest BCUT2D eigenvalue weighted by Gasteiger charge is -2.45. The van der Waals surface area contributed by atoms with Crippen molar-refractivity contribution in [1.82, 2.24) is 10.2 Å². The molecule has 3 heterocycles. The normalized spacial score (nSPS) is 23.2. The van der Waals surface area contributed by atoms with Crippen LogP contribution in [0.4, 0.5) is 4.39 Å². The topological polar surface area (TPSA) is 24.5 Å². The first-order valence-corrected chi connectivity index (χ1v) is 9.19. The molecule has 0 amide bonds. The molecule has 0 aromatic heterocycles. The van der Waals surface area contributed by atoms with Gasteiger partial charge < -0.3 is 15.0 Å². The van der Waals surface area contributed by atoms with Crippen LogP contribution in [0.2, 0.25) is 0 Å². The van der Waals surface area contributed by atoms with E-state index < -0.39 is 0 Å². The number of hydrogen-bond acceptors (Lipinski definition) is 3. The Kier molecular flexibility index (Phi) is 8.36. The van der Waals surface area contributed by atoms with E-state index in [2.05, 4.69) is 22.3 Å². The molecule has 3 saturated heterocycles. The van der Waals surface area contributed by atoms with Crippen molar-refractivity contribution >= 4 is 24.8 Å². The molecule has 5 rings (SSSR count). The van der Waals surface area contributed by atoms with Crippen molar-refractivity contribution < 1.29 is 9.13 Å². The highest BCUT2D eigenvalue weighted by Gasteiger charge is 2.33. The van der Waals surface area contributed by atoms with Crippen molar-refractivity contribution in [3.05, 3.63) is 65.5 Å². The molecule has 3 fully saturated rings. The smallest absolute Gasteiger partial charge is 0.129 e. The van der Waals surface area contributed by atoms with Gasteiger partial charge in [-0.1, -0.05) is 30.3 Å². The number of fused-ring (bicyclic) bond motifs is 3. The molecule has 2 aromatic carbocycles. The molecule has 0 saturated carbocycles. The summed E-state index contributed by atoms with van der Waals surface area (Å²) in [6.07, 6.45) is 2.65. The van der Waals surface area contributed by atoms with Crippen LogP contribution in [0.15, 0.2) is 48.5 Å². The minimum Gasteiger partial charge on any atom is -0.489 e. The third kappa shape index (κ3) is 5.58. The number of halogens is 3. The highest BCUT2D eigenvalue weighted by Crippen LogP contribution is 2.27. The predicted octanol–water partition coefficient (Wildman–Crippen LogP) is 4.43. The maximum absolute atomic E-state index is 13.7. The van der Waals surface area contributed by atoms with Crippen LogP contribution in [0.3, 0.4) is 0 Å². The standard InChI is InChI=1S/C21H25FN2O.2ClH/c22-20-7-2-1-5-18(20)15-25-19-6-3-4-16(12-19)13-23-21-14-24-10-8-17(21)9-11-24;;/h1-7,12,17,21,23H,8-11,13-15H2;2*1H. The van der Waals surface area contributed by atoms with Gasteiger partial charge in [-0.15, -0.1) is 24.8 Å². The summed E-state index contributed by atoms with van der Waals surface area (Å²) in [6, 6.07) is 15.4. The summed E-state index contributed by atoms with van der Waals surface area (Å²) < 4.78 is 19.5. The van der Waals surface area contributed by atoms with Crippen LogP contribution in [0.1, 0.15) is 24.0 Å². The zero-order chi connectivity index (χ0) is 17.1. The first kappa shape index (κ1) is 22.0. The fraction of sp³-hybridized carbons (Fsp3) is 0.429. The molecule has 3 aliphatic rings. The van der Waals surface area contributed by atoms with Gasteiger partial charge in [-0.2, -0.15) is 0 Å². The fourth-order valence-corrected chi connectivity index (χ4v) is 3.97. The van der Waals surface area contributed by atoms with Crippen molar-refractivity contribution in [2.45, 2.75) is 32.0 Å². The molecule has 1 atom stereocenters. The Bertz CT molecular complexity index is 723. The number of benzene rings is 2. The van der Waals surface area contributed by atoms with Crippen LogP contribution >= 0.6 is 24.8 Å². The number of piperidine rings is 3. The van der Waals surface area contributed by atoms with E-state index in [9.17, 15) is 4.39 Å². The lowest BCUT2D eigenvalue weighted by Crippen LogP contribution is -2.55. The molecule has 0 spiro atoms. The quantitative estimate of drug-likeness (QED) is 0.758. The van der Waals surface area contributed by atoms with Crippen LogP contribution in [0.5, 0.6) is 5.75 Å². The van der Waals surface area contributed by atoms with Crippen molar-refractivity contribution in [3.8, 4) is 5.75 Å². The zero-order valence-corrected chi connectivity index (χ0v) is 16.9. The average molecular weight is 413 g/mol. The predicted molar refractivity (Wildman–Crippen MR) is 111 cm³/mol. The van der Waals surface area contributed by atoms with Gasteiger partial charge in [0.15, 0.2) is 0 Å². The van der Waals surface area contributed by atoms with E-state index in [1.807, 2.05) is 18.2 Å². The molecule has 0 aliphatic carbocycles. The Labute approximate surface area is 173 Å². The molecular formula is C21H27Cl2FN2O. The second-order valence-corrected chi connectivity index (χ2v) is 7.15. The lowest BCUT2D eigenvalue weighted by molar-refractivity contribution is 0.0720. The maximum atomic E-state index is 13.7. The molecule has 2 bridgehead atoms. The largest absolute Gasteiger partial charge is 0.489 e. The summed E-state index contributed by atoms with van der Waals surface area (Å²) in [6.45, 7) is 4.81. The van der Waals surface area contributed by atoms with Gasteiger partial charge in [-0.3, -0.25) is 0 Å². The van der Waals surface area contributed by atoms with Gasteiger partial charge in [0.2, 0.25) is 0 Å². The molecule has 1 N–H and O–H groups in total. The van der Waals surface area contributed by atoms with Gasteiger partial charge in [0.05, 0.1) is 0 Å². The molecule has 148 valence electrons. The summed E-state index contributed by atoms with van der Waals surface area (Å²) in [4.78, 5) is 2.56. The Morgan fingerprint density at radius 3 is 2.52 bits per heavy atom. The second kappa shape index (κ2) is 10.3. The van der Waals surface area contributed by atoms with Crippen LogP contribution in [-0.4, -0.2) is 30.6 Å². The summed E-state index contributed by atoms with van der Waals surface area (Å²) in [5.74, 6) is 1.39. The van der Waals surface area contributed by atoms with Gasteiger partial charge in [-0.25, -0.2) is 4.39 Å². The number of ether oxygens (including phenoxy) is 1. The fourth-order valence-electron chi connectivity index (χ4n) is 3.97.